The molecule has 0 aliphatic carbocycles. The van der Waals surface area contributed by atoms with E-state index < -0.39 is 0 Å². The summed E-state index contributed by atoms with van der Waals surface area (Å²) < 4.78 is 11.4. The molecule has 1 heterocycles. The molecular weight excluding hydrogens is 414 g/mol. The number of aryl methyl sites for hydroxylation is 1. The number of hydrogen-bond acceptors (Lipinski definition) is 4. The largest absolute Gasteiger partial charge is 0.457 e. The van der Waals surface area contributed by atoms with Crippen LogP contribution in [0.5, 0.6) is 11.5 Å². The third kappa shape index (κ3) is 6.81. The highest BCUT2D eigenvalue weighted by molar-refractivity contribution is 5.90. The third-order valence-electron chi connectivity index (χ3n) is 5.71. The molecule has 172 valence electrons. The molecule has 4 rings (SSSR count). The van der Waals surface area contributed by atoms with Gasteiger partial charge in [0.2, 0.25) is 0 Å². The van der Waals surface area contributed by atoms with Gasteiger partial charge in [0.1, 0.15) is 11.5 Å². The van der Waals surface area contributed by atoms with Crippen LogP contribution in [0, 0.1) is 6.92 Å². The number of rotatable bonds is 8. The summed E-state index contributed by atoms with van der Waals surface area (Å²) in [5.74, 6) is 1.54. The molecule has 0 spiro atoms. The average Bonchev–Trinajstić information content (AvgIpc) is 2.84. The molecule has 0 unspecified atom stereocenters. The highest BCUT2D eigenvalue weighted by atomic mass is 16.5. The third-order valence-corrected chi connectivity index (χ3v) is 5.71. The lowest BCUT2D eigenvalue weighted by Crippen LogP contribution is -2.44. The van der Waals surface area contributed by atoms with E-state index in [9.17, 15) is 4.79 Å². The molecule has 3 aromatic rings. The molecule has 0 atom stereocenters. The van der Waals surface area contributed by atoms with Gasteiger partial charge in [-0.25, -0.2) is 4.79 Å². The van der Waals surface area contributed by atoms with E-state index in [1.54, 1.807) is 0 Å². The maximum Gasteiger partial charge on any atom is 0.322 e. The van der Waals surface area contributed by atoms with Crippen LogP contribution in [0.2, 0.25) is 0 Å². The van der Waals surface area contributed by atoms with E-state index in [0.29, 0.717) is 13.1 Å². The predicted octanol–water partition coefficient (Wildman–Crippen LogP) is 5.15. The maximum absolute atomic E-state index is 13.3. The topological polar surface area (TPSA) is 54.0 Å². The van der Waals surface area contributed by atoms with Crippen molar-refractivity contribution in [2.75, 3.05) is 44.7 Å². The van der Waals surface area contributed by atoms with Crippen molar-refractivity contribution in [2.45, 2.75) is 13.5 Å². The van der Waals surface area contributed by atoms with Crippen molar-refractivity contribution >= 4 is 11.7 Å². The second kappa shape index (κ2) is 11.5. The standard InChI is InChI=1S/C27H31N3O3/c1-22-8-5-6-13-26(22)28-27(31)30(15-14-29-16-18-32-19-17-29)21-23-9-7-12-25(20-23)33-24-10-3-2-4-11-24/h2-13,20H,14-19,21H2,1H3,(H,28,31). The Balaban J connectivity index is 1.46. The molecule has 6 heteroatoms. The van der Waals surface area contributed by atoms with Gasteiger partial charge in [-0.15, -0.1) is 0 Å². The Kier molecular flexibility index (Phi) is 7.95. The van der Waals surface area contributed by atoms with Gasteiger partial charge in [-0.3, -0.25) is 4.90 Å². The lowest BCUT2D eigenvalue weighted by atomic mass is 10.2. The Morgan fingerprint density at radius 1 is 0.970 bits per heavy atom. The van der Waals surface area contributed by atoms with Gasteiger partial charge in [0, 0.05) is 38.4 Å². The van der Waals surface area contributed by atoms with Crippen LogP contribution in [0.25, 0.3) is 0 Å². The summed E-state index contributed by atoms with van der Waals surface area (Å²) in [6.45, 7) is 7.21. The normalized spacial score (nSPS) is 14.0. The lowest BCUT2D eigenvalue weighted by molar-refractivity contribution is 0.0349. The van der Waals surface area contributed by atoms with Crippen LogP contribution in [0.3, 0.4) is 0 Å². The number of nitrogens with zero attached hydrogens (tertiary/aromatic N) is 2. The highest BCUT2D eigenvalue weighted by Crippen LogP contribution is 2.23. The quantitative estimate of drug-likeness (QED) is 0.521. The van der Waals surface area contributed by atoms with E-state index in [1.165, 1.54) is 0 Å². The molecule has 1 fully saturated rings. The number of urea groups is 1. The van der Waals surface area contributed by atoms with Gasteiger partial charge in [0.05, 0.1) is 13.2 Å². The SMILES string of the molecule is Cc1ccccc1NC(=O)N(CCN1CCOCC1)Cc1cccc(Oc2ccccc2)c1. The van der Waals surface area contributed by atoms with E-state index in [0.717, 1.165) is 61.2 Å². The summed E-state index contributed by atoms with van der Waals surface area (Å²) in [6.07, 6.45) is 0. The number of anilines is 1. The molecule has 3 aromatic carbocycles. The summed E-state index contributed by atoms with van der Waals surface area (Å²) in [5, 5.41) is 3.09. The van der Waals surface area contributed by atoms with Crippen LogP contribution in [-0.4, -0.2) is 55.2 Å². The van der Waals surface area contributed by atoms with Gasteiger partial charge in [-0.05, 0) is 48.4 Å². The molecule has 1 saturated heterocycles. The van der Waals surface area contributed by atoms with Gasteiger partial charge >= 0.3 is 6.03 Å². The summed E-state index contributed by atoms with van der Waals surface area (Å²) >= 11 is 0. The zero-order valence-electron chi connectivity index (χ0n) is 19.1. The number of morpholine rings is 1. The van der Waals surface area contributed by atoms with Crippen LogP contribution < -0.4 is 10.1 Å². The monoisotopic (exact) mass is 445 g/mol. The molecule has 0 aromatic heterocycles. The fourth-order valence-corrected chi connectivity index (χ4v) is 3.80. The Morgan fingerprint density at radius 3 is 2.48 bits per heavy atom. The van der Waals surface area contributed by atoms with Crippen molar-refractivity contribution in [3.8, 4) is 11.5 Å². The number of benzene rings is 3. The molecular formula is C27H31N3O3. The number of para-hydroxylation sites is 2. The minimum atomic E-state index is -0.105. The number of carbonyl (C=O) groups excluding carboxylic acids is 1. The number of amides is 2. The fourth-order valence-electron chi connectivity index (χ4n) is 3.80. The number of ether oxygens (including phenoxy) is 2. The minimum absolute atomic E-state index is 0.105. The van der Waals surface area contributed by atoms with Gasteiger partial charge < -0.3 is 19.7 Å². The Morgan fingerprint density at radius 2 is 1.70 bits per heavy atom. The van der Waals surface area contributed by atoms with Crippen LogP contribution in [0.4, 0.5) is 10.5 Å². The molecule has 0 bridgehead atoms. The van der Waals surface area contributed by atoms with Gasteiger partial charge in [-0.1, -0.05) is 48.5 Å². The second-order valence-electron chi connectivity index (χ2n) is 8.18. The maximum atomic E-state index is 13.3. The van der Waals surface area contributed by atoms with Crippen molar-refractivity contribution in [1.82, 2.24) is 9.80 Å². The summed E-state index contributed by atoms with van der Waals surface area (Å²) in [6, 6.07) is 25.4. The molecule has 1 aliphatic heterocycles. The molecule has 6 nitrogen and oxygen atoms in total. The number of nitrogens with one attached hydrogen (secondary N) is 1. The number of carbonyl (C=O) groups is 1. The van der Waals surface area contributed by atoms with E-state index in [1.807, 2.05) is 90.7 Å². The molecule has 0 saturated carbocycles. The van der Waals surface area contributed by atoms with E-state index in [4.69, 9.17) is 9.47 Å². The Hall–Kier alpha value is -3.35. The van der Waals surface area contributed by atoms with Gasteiger partial charge in [0.15, 0.2) is 0 Å². The van der Waals surface area contributed by atoms with E-state index in [2.05, 4.69) is 10.2 Å². The minimum Gasteiger partial charge on any atom is -0.457 e. The van der Waals surface area contributed by atoms with Gasteiger partial charge in [0.25, 0.3) is 0 Å². The van der Waals surface area contributed by atoms with E-state index in [-0.39, 0.29) is 6.03 Å². The van der Waals surface area contributed by atoms with Crippen molar-refractivity contribution in [3.63, 3.8) is 0 Å². The molecule has 0 radical (unpaired) electrons. The summed E-state index contributed by atoms with van der Waals surface area (Å²) in [5.41, 5.74) is 2.89. The molecule has 33 heavy (non-hydrogen) atoms. The number of hydrogen-bond donors (Lipinski definition) is 1. The Labute approximate surface area is 195 Å². The predicted molar refractivity (Wildman–Crippen MR) is 131 cm³/mol. The zero-order chi connectivity index (χ0) is 22.9. The van der Waals surface area contributed by atoms with Crippen LogP contribution in [0.1, 0.15) is 11.1 Å². The smallest absolute Gasteiger partial charge is 0.322 e. The zero-order valence-corrected chi connectivity index (χ0v) is 19.1. The molecule has 1 aliphatic rings. The molecule has 1 N–H and O–H groups in total. The van der Waals surface area contributed by atoms with E-state index >= 15 is 0 Å². The van der Waals surface area contributed by atoms with Gasteiger partial charge in [-0.2, -0.15) is 0 Å². The molecule has 2 amide bonds. The first kappa shape index (κ1) is 22.8. The second-order valence-corrected chi connectivity index (χ2v) is 8.18. The summed E-state index contributed by atoms with van der Waals surface area (Å²) in [4.78, 5) is 17.5. The fraction of sp³-hybridized carbons (Fsp3) is 0.296. The van der Waals surface area contributed by atoms with Crippen LogP contribution in [0.15, 0.2) is 78.9 Å². The van der Waals surface area contributed by atoms with Crippen molar-refractivity contribution in [1.29, 1.82) is 0 Å². The first-order chi connectivity index (χ1) is 16.2. The van der Waals surface area contributed by atoms with Crippen LogP contribution >= 0.6 is 0 Å². The first-order valence-electron chi connectivity index (χ1n) is 11.4. The van der Waals surface area contributed by atoms with Crippen LogP contribution in [-0.2, 0) is 11.3 Å². The summed E-state index contributed by atoms with van der Waals surface area (Å²) in [7, 11) is 0. The van der Waals surface area contributed by atoms with Crippen molar-refractivity contribution in [2.24, 2.45) is 0 Å². The lowest BCUT2D eigenvalue weighted by Gasteiger charge is -2.30. The van der Waals surface area contributed by atoms with Crippen molar-refractivity contribution in [3.05, 3.63) is 90.0 Å². The first-order valence-corrected chi connectivity index (χ1v) is 11.4. The Bertz CT molecular complexity index is 1040. The van der Waals surface area contributed by atoms with Crippen molar-refractivity contribution < 1.29 is 14.3 Å². The highest BCUT2D eigenvalue weighted by Gasteiger charge is 2.18. The average molecular weight is 446 g/mol.